The van der Waals surface area contributed by atoms with E-state index in [-0.39, 0.29) is 5.78 Å². The van der Waals surface area contributed by atoms with E-state index in [1.54, 1.807) is 0 Å². The highest BCUT2D eigenvalue weighted by molar-refractivity contribution is 14.1. The molecule has 3 rings (SSSR count). The summed E-state index contributed by atoms with van der Waals surface area (Å²) in [5.41, 5.74) is 3.85. The number of carbonyl (C=O) groups excluding carboxylic acids is 1. The van der Waals surface area contributed by atoms with Gasteiger partial charge < -0.3 is 4.57 Å². The quantitative estimate of drug-likeness (QED) is 0.460. The van der Waals surface area contributed by atoms with Gasteiger partial charge in [0.15, 0.2) is 5.78 Å². The average Bonchev–Trinajstić information content (AvgIpc) is 2.98. The molecule has 3 heteroatoms. The summed E-state index contributed by atoms with van der Waals surface area (Å²) in [5, 5.41) is 0. The molecule has 0 aliphatic rings. The van der Waals surface area contributed by atoms with Crippen LogP contribution in [0.2, 0.25) is 0 Å². The van der Waals surface area contributed by atoms with Crippen LogP contribution in [0.1, 0.15) is 27.0 Å². The Morgan fingerprint density at radius 2 is 1.64 bits per heavy atom. The molecule has 0 radical (unpaired) electrons. The van der Waals surface area contributed by atoms with Crippen molar-refractivity contribution in [2.75, 3.05) is 0 Å². The zero-order valence-corrected chi connectivity index (χ0v) is 14.4. The molecule has 2 nitrogen and oxygen atoms in total. The SMILES string of the molecule is Cc1ccc(C(=O)c2ccn(Cc3ccc(I)cc3)c2)cc1. The predicted molar refractivity (Wildman–Crippen MR) is 97.3 cm³/mol. The minimum absolute atomic E-state index is 0.0707. The van der Waals surface area contributed by atoms with Crippen LogP contribution in [0.4, 0.5) is 0 Å². The summed E-state index contributed by atoms with van der Waals surface area (Å²) in [5.74, 6) is 0.0707. The lowest BCUT2D eigenvalue weighted by Crippen LogP contribution is -2.01. The zero-order valence-electron chi connectivity index (χ0n) is 12.3. The molecule has 22 heavy (non-hydrogen) atoms. The van der Waals surface area contributed by atoms with Gasteiger partial charge in [0.2, 0.25) is 0 Å². The van der Waals surface area contributed by atoms with Crippen molar-refractivity contribution in [2.24, 2.45) is 0 Å². The van der Waals surface area contributed by atoms with Crippen LogP contribution in [-0.2, 0) is 6.54 Å². The first kappa shape index (κ1) is 15.0. The number of rotatable bonds is 4. The van der Waals surface area contributed by atoms with E-state index in [1.807, 2.05) is 54.2 Å². The van der Waals surface area contributed by atoms with Gasteiger partial charge in [-0.2, -0.15) is 0 Å². The Kier molecular flexibility index (Phi) is 4.43. The van der Waals surface area contributed by atoms with Crippen LogP contribution in [0, 0.1) is 10.5 Å². The molecule has 110 valence electrons. The molecule has 0 saturated heterocycles. The predicted octanol–water partition coefficient (Wildman–Crippen LogP) is 4.68. The van der Waals surface area contributed by atoms with E-state index < -0.39 is 0 Å². The van der Waals surface area contributed by atoms with Crippen LogP contribution >= 0.6 is 22.6 Å². The number of hydrogen-bond donors (Lipinski definition) is 0. The largest absolute Gasteiger partial charge is 0.349 e. The fourth-order valence-electron chi connectivity index (χ4n) is 2.35. The van der Waals surface area contributed by atoms with Gasteiger partial charge in [0, 0.05) is 33.6 Å². The van der Waals surface area contributed by atoms with Gasteiger partial charge in [0.1, 0.15) is 0 Å². The molecule has 0 amide bonds. The van der Waals surface area contributed by atoms with Crippen LogP contribution in [0.5, 0.6) is 0 Å². The van der Waals surface area contributed by atoms with Gasteiger partial charge >= 0.3 is 0 Å². The molecule has 0 saturated carbocycles. The number of ketones is 1. The smallest absolute Gasteiger partial charge is 0.194 e. The molecule has 0 aliphatic carbocycles. The molecule has 0 N–H and O–H groups in total. The van der Waals surface area contributed by atoms with E-state index in [4.69, 9.17) is 0 Å². The number of nitrogens with zero attached hydrogens (tertiary/aromatic N) is 1. The van der Waals surface area contributed by atoms with Gasteiger partial charge in [-0.15, -0.1) is 0 Å². The minimum atomic E-state index is 0.0707. The van der Waals surface area contributed by atoms with E-state index in [0.29, 0.717) is 0 Å². The molecule has 1 aromatic heterocycles. The average molecular weight is 401 g/mol. The van der Waals surface area contributed by atoms with Crippen molar-refractivity contribution in [3.63, 3.8) is 0 Å². The summed E-state index contributed by atoms with van der Waals surface area (Å²) in [6, 6.07) is 18.0. The van der Waals surface area contributed by atoms with Crippen LogP contribution < -0.4 is 0 Å². The third-order valence-electron chi connectivity index (χ3n) is 3.60. The lowest BCUT2D eigenvalue weighted by Gasteiger charge is -2.03. The summed E-state index contributed by atoms with van der Waals surface area (Å²) >= 11 is 2.30. The third-order valence-corrected chi connectivity index (χ3v) is 4.32. The normalized spacial score (nSPS) is 10.6. The second-order valence-electron chi connectivity index (χ2n) is 5.39. The van der Waals surface area contributed by atoms with Crippen LogP contribution in [0.25, 0.3) is 0 Å². The zero-order chi connectivity index (χ0) is 15.5. The van der Waals surface area contributed by atoms with Crippen molar-refractivity contribution in [3.05, 3.63) is 92.8 Å². The molecular formula is C19H16INO. The Morgan fingerprint density at radius 3 is 2.32 bits per heavy atom. The number of aryl methyl sites for hydroxylation is 1. The van der Waals surface area contributed by atoms with Gasteiger partial charge in [-0.3, -0.25) is 4.79 Å². The van der Waals surface area contributed by atoms with Crippen molar-refractivity contribution in [1.82, 2.24) is 4.57 Å². The highest BCUT2D eigenvalue weighted by atomic mass is 127. The van der Waals surface area contributed by atoms with E-state index in [0.717, 1.165) is 23.2 Å². The Hall–Kier alpha value is -1.88. The molecule has 1 heterocycles. The third kappa shape index (κ3) is 3.47. The number of aromatic nitrogens is 1. The minimum Gasteiger partial charge on any atom is -0.349 e. The Bertz CT molecular complexity index is 785. The van der Waals surface area contributed by atoms with Crippen molar-refractivity contribution < 1.29 is 4.79 Å². The first-order valence-corrected chi connectivity index (χ1v) is 8.21. The second kappa shape index (κ2) is 6.48. The summed E-state index contributed by atoms with van der Waals surface area (Å²) in [6.45, 7) is 2.80. The maximum Gasteiger partial charge on any atom is 0.194 e. The summed E-state index contributed by atoms with van der Waals surface area (Å²) in [6.07, 6.45) is 3.87. The maximum absolute atomic E-state index is 12.5. The van der Waals surface area contributed by atoms with Crippen molar-refractivity contribution in [2.45, 2.75) is 13.5 Å². The summed E-state index contributed by atoms with van der Waals surface area (Å²) < 4.78 is 3.27. The molecule has 0 aliphatic heterocycles. The molecule has 0 atom stereocenters. The first-order valence-electron chi connectivity index (χ1n) is 7.13. The standard InChI is InChI=1S/C19H16INO/c1-14-2-6-16(7-3-14)19(22)17-10-11-21(13-17)12-15-4-8-18(20)9-5-15/h2-11,13H,12H2,1H3. The fourth-order valence-corrected chi connectivity index (χ4v) is 2.71. The first-order chi connectivity index (χ1) is 10.6. The number of halogens is 1. The molecule has 0 unspecified atom stereocenters. The van der Waals surface area contributed by atoms with Gasteiger partial charge in [0.25, 0.3) is 0 Å². The molecular weight excluding hydrogens is 385 g/mol. The lowest BCUT2D eigenvalue weighted by molar-refractivity contribution is 0.103. The van der Waals surface area contributed by atoms with Crippen molar-refractivity contribution in [1.29, 1.82) is 0 Å². The number of hydrogen-bond acceptors (Lipinski definition) is 1. The van der Waals surface area contributed by atoms with E-state index >= 15 is 0 Å². The van der Waals surface area contributed by atoms with Crippen LogP contribution in [0.3, 0.4) is 0 Å². The Labute approximate surface area is 143 Å². The van der Waals surface area contributed by atoms with E-state index in [1.165, 1.54) is 9.13 Å². The van der Waals surface area contributed by atoms with E-state index in [2.05, 4.69) is 46.9 Å². The highest BCUT2D eigenvalue weighted by Crippen LogP contribution is 2.13. The van der Waals surface area contributed by atoms with Gasteiger partial charge in [-0.1, -0.05) is 42.0 Å². The Morgan fingerprint density at radius 1 is 0.955 bits per heavy atom. The topological polar surface area (TPSA) is 22.0 Å². The molecule has 3 aromatic rings. The van der Waals surface area contributed by atoms with Gasteiger partial charge in [-0.25, -0.2) is 0 Å². The second-order valence-corrected chi connectivity index (χ2v) is 6.64. The molecule has 0 spiro atoms. The van der Waals surface area contributed by atoms with Crippen molar-refractivity contribution in [3.8, 4) is 0 Å². The van der Waals surface area contributed by atoms with Crippen LogP contribution in [0.15, 0.2) is 67.0 Å². The fraction of sp³-hybridized carbons (Fsp3) is 0.105. The molecule has 2 aromatic carbocycles. The summed E-state index contributed by atoms with van der Waals surface area (Å²) in [4.78, 5) is 12.5. The van der Waals surface area contributed by atoms with Gasteiger partial charge in [0.05, 0.1) is 0 Å². The number of carbonyl (C=O) groups is 1. The summed E-state index contributed by atoms with van der Waals surface area (Å²) in [7, 11) is 0. The monoisotopic (exact) mass is 401 g/mol. The lowest BCUT2D eigenvalue weighted by atomic mass is 10.0. The van der Waals surface area contributed by atoms with Gasteiger partial charge in [-0.05, 0) is 53.3 Å². The Balaban J connectivity index is 1.77. The van der Waals surface area contributed by atoms with Crippen molar-refractivity contribution >= 4 is 28.4 Å². The highest BCUT2D eigenvalue weighted by Gasteiger charge is 2.10. The number of benzene rings is 2. The molecule has 0 fully saturated rings. The van der Waals surface area contributed by atoms with E-state index in [9.17, 15) is 4.79 Å². The van der Waals surface area contributed by atoms with Crippen LogP contribution in [-0.4, -0.2) is 10.4 Å². The molecule has 0 bridgehead atoms. The maximum atomic E-state index is 12.5.